The Labute approximate surface area is 121 Å². The van der Waals surface area contributed by atoms with Crippen LogP contribution in [0.1, 0.15) is 16.7 Å². The van der Waals surface area contributed by atoms with Crippen LogP contribution in [0.25, 0.3) is 0 Å². The molecule has 0 atom stereocenters. The average molecular weight is 294 g/mol. The molecule has 0 aliphatic carbocycles. The fourth-order valence-electron chi connectivity index (χ4n) is 1.93. The molecule has 2 aromatic rings. The second-order valence-corrected chi connectivity index (χ2v) is 5.67. The molecule has 1 aromatic heterocycles. The number of hydrogen-bond donors (Lipinski definition) is 1. The van der Waals surface area contributed by atoms with Gasteiger partial charge in [-0.25, -0.2) is 4.39 Å². The zero-order chi connectivity index (χ0) is 13.8. The molecule has 0 aliphatic rings. The first-order chi connectivity index (χ1) is 9.08. The van der Waals surface area contributed by atoms with E-state index in [-0.39, 0.29) is 10.8 Å². The van der Waals surface area contributed by atoms with Gasteiger partial charge in [0.05, 0.1) is 0 Å². The Kier molecular flexibility index (Phi) is 4.63. The van der Waals surface area contributed by atoms with Crippen LogP contribution in [0.4, 0.5) is 4.39 Å². The summed E-state index contributed by atoms with van der Waals surface area (Å²) in [4.78, 5) is 2.16. The molecule has 0 amide bonds. The fourth-order valence-corrected chi connectivity index (χ4v) is 2.75. The number of halogens is 1. The van der Waals surface area contributed by atoms with Crippen LogP contribution in [0.15, 0.2) is 35.0 Å². The molecule has 100 valence electrons. The Morgan fingerprint density at radius 2 is 2.16 bits per heavy atom. The largest absolute Gasteiger partial charge is 0.389 e. The van der Waals surface area contributed by atoms with Crippen LogP contribution in [0.2, 0.25) is 0 Å². The topological polar surface area (TPSA) is 29.3 Å². The summed E-state index contributed by atoms with van der Waals surface area (Å²) < 4.78 is 14.2. The van der Waals surface area contributed by atoms with Gasteiger partial charge in [-0.1, -0.05) is 24.4 Å². The van der Waals surface area contributed by atoms with Crippen LogP contribution in [0.3, 0.4) is 0 Å². The minimum absolute atomic E-state index is 0.0971. The van der Waals surface area contributed by atoms with Crippen molar-refractivity contribution in [1.82, 2.24) is 4.90 Å². The minimum atomic E-state index is -0.313. The first kappa shape index (κ1) is 14.1. The molecule has 1 heterocycles. The van der Waals surface area contributed by atoms with Crippen molar-refractivity contribution in [1.29, 1.82) is 0 Å². The van der Waals surface area contributed by atoms with Gasteiger partial charge in [0.1, 0.15) is 10.8 Å². The number of rotatable bonds is 5. The molecule has 0 saturated heterocycles. The summed E-state index contributed by atoms with van der Waals surface area (Å²) in [5.41, 5.74) is 7.67. The third-order valence-electron chi connectivity index (χ3n) is 2.82. The number of thiophene rings is 1. The molecule has 2 N–H and O–H groups in total. The zero-order valence-electron chi connectivity index (χ0n) is 10.6. The number of nitrogens with two attached hydrogens (primary N) is 1. The number of benzene rings is 1. The molecule has 0 bridgehead atoms. The van der Waals surface area contributed by atoms with Crippen molar-refractivity contribution in [2.24, 2.45) is 5.73 Å². The van der Waals surface area contributed by atoms with E-state index in [0.29, 0.717) is 17.7 Å². The van der Waals surface area contributed by atoms with E-state index in [1.807, 2.05) is 12.4 Å². The highest BCUT2D eigenvalue weighted by Crippen LogP contribution is 2.16. The van der Waals surface area contributed by atoms with Gasteiger partial charge in [0.25, 0.3) is 0 Å². The Morgan fingerprint density at radius 3 is 2.79 bits per heavy atom. The summed E-state index contributed by atoms with van der Waals surface area (Å²) in [5.74, 6) is -0.313. The molecule has 0 fully saturated rings. The Bertz CT molecular complexity index is 567. The van der Waals surface area contributed by atoms with Crippen LogP contribution < -0.4 is 5.73 Å². The third kappa shape index (κ3) is 3.59. The predicted molar refractivity (Wildman–Crippen MR) is 81.8 cm³/mol. The number of hydrogen-bond acceptors (Lipinski definition) is 3. The van der Waals surface area contributed by atoms with Crippen molar-refractivity contribution < 1.29 is 4.39 Å². The van der Waals surface area contributed by atoms with E-state index in [1.54, 1.807) is 29.5 Å². The van der Waals surface area contributed by atoms with Gasteiger partial charge in [-0.05, 0) is 35.5 Å². The van der Waals surface area contributed by atoms with E-state index in [1.165, 1.54) is 5.56 Å². The van der Waals surface area contributed by atoms with Gasteiger partial charge in [0.15, 0.2) is 0 Å². The number of thiocarbonyl (C=S) groups is 1. The fraction of sp³-hybridized carbons (Fsp3) is 0.214. The van der Waals surface area contributed by atoms with Crippen molar-refractivity contribution in [2.75, 3.05) is 7.05 Å². The van der Waals surface area contributed by atoms with Gasteiger partial charge in [0.2, 0.25) is 0 Å². The summed E-state index contributed by atoms with van der Waals surface area (Å²) in [6, 6.07) is 7.23. The molecule has 5 heteroatoms. The molecule has 19 heavy (non-hydrogen) atoms. The lowest BCUT2D eigenvalue weighted by atomic mass is 10.1. The van der Waals surface area contributed by atoms with Gasteiger partial charge < -0.3 is 5.73 Å². The summed E-state index contributed by atoms with van der Waals surface area (Å²) >= 11 is 6.50. The Balaban J connectivity index is 2.10. The molecule has 2 rings (SSSR count). The molecule has 0 saturated carbocycles. The van der Waals surface area contributed by atoms with Gasteiger partial charge in [-0.15, -0.1) is 0 Å². The highest BCUT2D eigenvalue weighted by atomic mass is 32.1. The summed E-state index contributed by atoms with van der Waals surface area (Å²) in [6.07, 6.45) is 0. The molecule has 0 spiro atoms. The zero-order valence-corrected chi connectivity index (χ0v) is 12.2. The van der Waals surface area contributed by atoms with Gasteiger partial charge in [-0.2, -0.15) is 11.3 Å². The quantitative estimate of drug-likeness (QED) is 0.859. The molecule has 0 radical (unpaired) electrons. The normalized spacial score (nSPS) is 10.9. The maximum Gasteiger partial charge on any atom is 0.137 e. The van der Waals surface area contributed by atoms with Crippen LogP contribution in [0, 0.1) is 5.82 Å². The summed E-state index contributed by atoms with van der Waals surface area (Å²) in [7, 11) is 1.96. The third-order valence-corrected chi connectivity index (χ3v) is 3.77. The van der Waals surface area contributed by atoms with Crippen molar-refractivity contribution in [3.63, 3.8) is 0 Å². The monoisotopic (exact) mass is 294 g/mol. The highest BCUT2D eigenvalue weighted by Gasteiger charge is 2.11. The van der Waals surface area contributed by atoms with Crippen LogP contribution in [-0.2, 0) is 13.1 Å². The van der Waals surface area contributed by atoms with Gasteiger partial charge in [0, 0.05) is 24.2 Å². The highest BCUT2D eigenvalue weighted by molar-refractivity contribution is 7.80. The van der Waals surface area contributed by atoms with E-state index in [9.17, 15) is 4.39 Å². The maximum absolute atomic E-state index is 14.2. The van der Waals surface area contributed by atoms with Crippen molar-refractivity contribution in [2.45, 2.75) is 13.1 Å². The van der Waals surface area contributed by atoms with Gasteiger partial charge in [-0.3, -0.25) is 4.90 Å². The second-order valence-electron chi connectivity index (χ2n) is 4.45. The summed E-state index contributed by atoms with van der Waals surface area (Å²) in [6.45, 7) is 1.32. The second kappa shape index (κ2) is 6.23. The van der Waals surface area contributed by atoms with Crippen LogP contribution in [0.5, 0.6) is 0 Å². The van der Waals surface area contributed by atoms with Crippen molar-refractivity contribution >= 4 is 28.5 Å². The SMILES string of the molecule is CN(Cc1ccsc1)Cc1cccc(C(N)=S)c1F. The average Bonchev–Trinajstić information content (AvgIpc) is 2.84. The molecular weight excluding hydrogens is 279 g/mol. The number of nitrogens with zero attached hydrogens (tertiary/aromatic N) is 1. The lowest BCUT2D eigenvalue weighted by Gasteiger charge is -2.17. The lowest BCUT2D eigenvalue weighted by Crippen LogP contribution is -2.19. The molecule has 2 nitrogen and oxygen atoms in total. The summed E-state index contributed by atoms with van der Waals surface area (Å²) in [5, 5.41) is 4.13. The van der Waals surface area contributed by atoms with Crippen molar-refractivity contribution in [3.05, 3.63) is 57.5 Å². The van der Waals surface area contributed by atoms with E-state index in [0.717, 1.165) is 6.54 Å². The van der Waals surface area contributed by atoms with Gasteiger partial charge >= 0.3 is 0 Å². The maximum atomic E-state index is 14.2. The first-order valence-electron chi connectivity index (χ1n) is 5.84. The van der Waals surface area contributed by atoms with Crippen LogP contribution >= 0.6 is 23.6 Å². The van der Waals surface area contributed by atoms with E-state index >= 15 is 0 Å². The molecule has 1 aromatic carbocycles. The molecule has 0 aliphatic heterocycles. The Hall–Kier alpha value is -1.30. The van der Waals surface area contributed by atoms with Crippen molar-refractivity contribution in [3.8, 4) is 0 Å². The molecular formula is C14H15FN2S2. The lowest BCUT2D eigenvalue weighted by molar-refractivity contribution is 0.314. The standard InChI is InChI=1S/C14H15FN2S2/c1-17(7-10-5-6-19-9-10)8-11-3-2-4-12(13(11)15)14(16)18/h2-6,9H,7-8H2,1H3,(H2,16,18). The predicted octanol–water partition coefficient (Wildman–Crippen LogP) is 3.15. The molecule has 0 unspecified atom stereocenters. The van der Waals surface area contributed by atoms with E-state index in [4.69, 9.17) is 18.0 Å². The van der Waals surface area contributed by atoms with E-state index < -0.39 is 0 Å². The minimum Gasteiger partial charge on any atom is -0.389 e. The van der Waals surface area contributed by atoms with Crippen LogP contribution in [-0.4, -0.2) is 16.9 Å². The Morgan fingerprint density at radius 1 is 1.37 bits per heavy atom. The smallest absolute Gasteiger partial charge is 0.137 e. The van der Waals surface area contributed by atoms with E-state index in [2.05, 4.69) is 16.3 Å². The first-order valence-corrected chi connectivity index (χ1v) is 7.20.